The summed E-state index contributed by atoms with van der Waals surface area (Å²) in [6.45, 7) is 4.30. The molecule has 0 saturated carbocycles. The number of halogens is 1. The number of hydrogen-bond donors (Lipinski definition) is 2. The van der Waals surface area contributed by atoms with Crippen LogP contribution in [0.1, 0.15) is 33.6 Å². The largest absolute Gasteiger partial charge is 0.352 e. The lowest BCUT2D eigenvalue weighted by atomic mass is 10.1. The van der Waals surface area contributed by atoms with E-state index in [-0.39, 0.29) is 11.5 Å². The van der Waals surface area contributed by atoms with Gasteiger partial charge < -0.3 is 5.32 Å². The summed E-state index contributed by atoms with van der Waals surface area (Å²) >= 11 is 0. The average molecular weight is 275 g/mol. The van der Waals surface area contributed by atoms with Gasteiger partial charge in [-0.2, -0.15) is 5.10 Å². The molecule has 0 aliphatic heterocycles. The Morgan fingerprint density at radius 1 is 1.40 bits per heavy atom. The van der Waals surface area contributed by atoms with Gasteiger partial charge in [0.05, 0.1) is 11.8 Å². The maximum atomic E-state index is 13.5. The smallest absolute Gasteiger partial charge is 0.254 e. The Morgan fingerprint density at radius 2 is 2.20 bits per heavy atom. The lowest BCUT2D eigenvalue weighted by Crippen LogP contribution is -2.25. The molecule has 1 aromatic carbocycles. The molecule has 0 fully saturated rings. The fourth-order valence-corrected chi connectivity index (χ4v) is 2.02. The van der Waals surface area contributed by atoms with E-state index < -0.39 is 5.82 Å². The van der Waals surface area contributed by atoms with E-state index in [1.165, 1.54) is 6.07 Å². The fourth-order valence-electron chi connectivity index (χ4n) is 2.02. The van der Waals surface area contributed by atoms with E-state index in [9.17, 15) is 9.18 Å². The molecule has 0 bridgehead atoms. The van der Waals surface area contributed by atoms with Gasteiger partial charge in [0.2, 0.25) is 0 Å². The molecule has 2 N–H and O–H groups in total. The minimum absolute atomic E-state index is 0.101. The van der Waals surface area contributed by atoms with Crippen molar-refractivity contribution in [3.63, 3.8) is 0 Å². The van der Waals surface area contributed by atoms with Gasteiger partial charge in [0.25, 0.3) is 5.91 Å². The van der Waals surface area contributed by atoms with Crippen molar-refractivity contribution in [1.29, 1.82) is 0 Å². The van der Waals surface area contributed by atoms with E-state index >= 15 is 0 Å². The molecule has 0 aliphatic rings. The number of nitrogens with one attached hydrogen (secondary N) is 2. The molecule has 4 nitrogen and oxygen atoms in total. The Hall–Kier alpha value is -2.17. The second-order valence-corrected chi connectivity index (χ2v) is 4.86. The normalized spacial score (nSPS) is 10.6. The lowest BCUT2D eigenvalue weighted by Gasteiger charge is -2.06. The predicted molar refractivity (Wildman–Crippen MR) is 75.1 cm³/mol. The first-order chi connectivity index (χ1) is 9.58. The van der Waals surface area contributed by atoms with Crippen molar-refractivity contribution in [1.82, 2.24) is 15.5 Å². The standard InChI is InChI=1S/C15H18FN3O/c1-10-5-6-14(16)13(8-10)15(20)17-7-3-4-12-9-18-19-11(12)2/h5-6,8-9H,3-4,7H2,1-2H3,(H,17,20)(H,18,19). The number of H-pyrrole nitrogens is 1. The summed E-state index contributed by atoms with van der Waals surface area (Å²) < 4.78 is 13.5. The number of aryl methyl sites for hydroxylation is 3. The third kappa shape index (κ3) is 3.44. The monoisotopic (exact) mass is 275 g/mol. The highest BCUT2D eigenvalue weighted by atomic mass is 19.1. The minimum atomic E-state index is -0.487. The molecule has 0 saturated heterocycles. The molecule has 0 radical (unpaired) electrons. The highest BCUT2D eigenvalue weighted by molar-refractivity contribution is 5.94. The molecular weight excluding hydrogens is 257 g/mol. The highest BCUT2D eigenvalue weighted by Crippen LogP contribution is 2.10. The van der Waals surface area contributed by atoms with Gasteiger partial charge >= 0.3 is 0 Å². The maximum absolute atomic E-state index is 13.5. The molecular formula is C15H18FN3O. The van der Waals surface area contributed by atoms with Crippen LogP contribution in [-0.4, -0.2) is 22.6 Å². The molecule has 1 heterocycles. The van der Waals surface area contributed by atoms with Crippen molar-refractivity contribution in [3.8, 4) is 0 Å². The number of amides is 1. The van der Waals surface area contributed by atoms with Crippen molar-refractivity contribution in [3.05, 3.63) is 52.6 Å². The highest BCUT2D eigenvalue weighted by Gasteiger charge is 2.11. The van der Waals surface area contributed by atoms with E-state index in [0.717, 1.165) is 29.7 Å². The molecule has 20 heavy (non-hydrogen) atoms. The van der Waals surface area contributed by atoms with E-state index in [2.05, 4.69) is 15.5 Å². The molecule has 0 atom stereocenters. The summed E-state index contributed by atoms with van der Waals surface area (Å²) in [7, 11) is 0. The first-order valence-corrected chi connectivity index (χ1v) is 6.61. The van der Waals surface area contributed by atoms with Gasteiger partial charge in [-0.15, -0.1) is 0 Å². The Kier molecular flexibility index (Phi) is 4.50. The molecule has 5 heteroatoms. The summed E-state index contributed by atoms with van der Waals surface area (Å²) in [5.74, 6) is -0.853. The maximum Gasteiger partial charge on any atom is 0.254 e. The molecule has 2 aromatic rings. The summed E-state index contributed by atoms with van der Waals surface area (Å²) in [6.07, 6.45) is 3.41. The number of aromatic amines is 1. The molecule has 0 unspecified atom stereocenters. The Labute approximate surface area is 117 Å². The third-order valence-electron chi connectivity index (χ3n) is 3.21. The number of nitrogens with zero attached hydrogens (tertiary/aromatic N) is 1. The van der Waals surface area contributed by atoms with Gasteiger partial charge in [0, 0.05) is 12.2 Å². The second-order valence-electron chi connectivity index (χ2n) is 4.86. The van der Waals surface area contributed by atoms with Crippen LogP contribution in [0.5, 0.6) is 0 Å². The molecule has 1 amide bonds. The van der Waals surface area contributed by atoms with Crippen molar-refractivity contribution in [2.45, 2.75) is 26.7 Å². The molecule has 0 spiro atoms. The molecule has 0 aliphatic carbocycles. The van der Waals surface area contributed by atoms with E-state index in [0.29, 0.717) is 6.54 Å². The Balaban J connectivity index is 1.83. The van der Waals surface area contributed by atoms with Crippen LogP contribution in [-0.2, 0) is 6.42 Å². The average Bonchev–Trinajstić information content (AvgIpc) is 2.83. The van der Waals surface area contributed by atoms with Gasteiger partial charge in [0.1, 0.15) is 5.82 Å². The van der Waals surface area contributed by atoms with Crippen molar-refractivity contribution in [2.24, 2.45) is 0 Å². The fraction of sp³-hybridized carbons (Fsp3) is 0.333. The summed E-state index contributed by atoms with van der Waals surface area (Å²) in [5, 5.41) is 9.55. The number of rotatable bonds is 5. The van der Waals surface area contributed by atoms with Gasteiger partial charge in [-0.25, -0.2) is 4.39 Å². The third-order valence-corrected chi connectivity index (χ3v) is 3.21. The number of carbonyl (C=O) groups is 1. The van der Waals surface area contributed by atoms with Crippen molar-refractivity contribution < 1.29 is 9.18 Å². The van der Waals surface area contributed by atoms with E-state index in [1.54, 1.807) is 18.3 Å². The Bertz CT molecular complexity index is 607. The lowest BCUT2D eigenvalue weighted by molar-refractivity contribution is 0.0949. The zero-order valence-electron chi connectivity index (χ0n) is 11.7. The zero-order valence-corrected chi connectivity index (χ0v) is 11.7. The van der Waals surface area contributed by atoms with Gasteiger partial charge in [-0.05, 0) is 44.4 Å². The number of benzene rings is 1. The number of aromatic nitrogens is 2. The minimum Gasteiger partial charge on any atom is -0.352 e. The summed E-state index contributed by atoms with van der Waals surface area (Å²) in [5.41, 5.74) is 3.15. The van der Waals surface area contributed by atoms with Crippen LogP contribution in [0.15, 0.2) is 24.4 Å². The predicted octanol–water partition coefficient (Wildman–Crippen LogP) is 2.53. The topological polar surface area (TPSA) is 57.8 Å². The van der Waals surface area contributed by atoms with E-state index in [1.807, 2.05) is 13.8 Å². The van der Waals surface area contributed by atoms with Crippen LogP contribution in [0, 0.1) is 19.7 Å². The SMILES string of the molecule is Cc1ccc(F)c(C(=O)NCCCc2cn[nH]c2C)c1. The van der Waals surface area contributed by atoms with Gasteiger partial charge in [-0.3, -0.25) is 9.89 Å². The molecule has 106 valence electrons. The summed E-state index contributed by atoms with van der Waals surface area (Å²) in [4.78, 5) is 11.9. The van der Waals surface area contributed by atoms with Crippen molar-refractivity contribution >= 4 is 5.91 Å². The number of hydrogen-bond acceptors (Lipinski definition) is 2. The first-order valence-electron chi connectivity index (χ1n) is 6.61. The molecule has 1 aromatic heterocycles. The van der Waals surface area contributed by atoms with Gasteiger partial charge in [-0.1, -0.05) is 11.6 Å². The van der Waals surface area contributed by atoms with Crippen LogP contribution >= 0.6 is 0 Å². The van der Waals surface area contributed by atoms with Crippen LogP contribution < -0.4 is 5.32 Å². The zero-order chi connectivity index (χ0) is 14.5. The Morgan fingerprint density at radius 3 is 2.90 bits per heavy atom. The van der Waals surface area contributed by atoms with Crippen molar-refractivity contribution in [2.75, 3.05) is 6.54 Å². The molecule has 2 rings (SSSR count). The van der Waals surface area contributed by atoms with Crippen LogP contribution in [0.2, 0.25) is 0 Å². The summed E-state index contributed by atoms with van der Waals surface area (Å²) in [6, 6.07) is 4.53. The van der Waals surface area contributed by atoms with Gasteiger partial charge in [0.15, 0.2) is 0 Å². The first kappa shape index (κ1) is 14.2. The van der Waals surface area contributed by atoms with E-state index in [4.69, 9.17) is 0 Å². The van der Waals surface area contributed by atoms with Crippen LogP contribution in [0.4, 0.5) is 4.39 Å². The van der Waals surface area contributed by atoms with Crippen LogP contribution in [0.3, 0.4) is 0 Å². The second kappa shape index (κ2) is 6.32. The van der Waals surface area contributed by atoms with Crippen LogP contribution in [0.25, 0.3) is 0 Å². The number of carbonyl (C=O) groups excluding carboxylic acids is 1. The quantitative estimate of drug-likeness (QED) is 0.824.